The molecule has 2 aromatic carbocycles. The Morgan fingerprint density at radius 3 is 1.53 bits per heavy atom. The molecule has 216 valence electrons. The van der Waals surface area contributed by atoms with Gasteiger partial charge < -0.3 is 27.6 Å². The second kappa shape index (κ2) is 26.3. The molecule has 0 saturated carbocycles. The van der Waals surface area contributed by atoms with E-state index in [-0.39, 0.29) is 28.8 Å². The molecule has 2 aromatic rings. The molecule has 1 unspecified atom stereocenters. The van der Waals surface area contributed by atoms with E-state index in [9.17, 15) is 9.59 Å². The number of rotatable bonds is 13. The molecule has 2 N–H and O–H groups in total. The van der Waals surface area contributed by atoms with Crippen molar-refractivity contribution in [3.63, 3.8) is 0 Å². The van der Waals surface area contributed by atoms with Crippen molar-refractivity contribution in [3.8, 4) is 0 Å². The van der Waals surface area contributed by atoms with Gasteiger partial charge in [-0.25, -0.2) is 0 Å². The van der Waals surface area contributed by atoms with Crippen molar-refractivity contribution < 1.29 is 26.6 Å². The molecular weight excluding hydrogens is 644 g/mol. The fraction of sp³-hybridized carbons (Fsp3) is 0.533. The standard InChI is InChI=1S/C15H23NOS.C11H14BrNO.C4H10S.BrH/c1-4-10-16-15(17)14-8-6-13(7-9-14)12-18(3)11-5-2;1-2-7-13-11(14)10-5-3-9(8-12)4-6-10;1-3-4-5-2;/h6-9H,4-5,10-12H2,1-3H3;3-6H,2,7-8H2,1H3,(H,13,14);3-4H2,1-2H3;1H. The van der Waals surface area contributed by atoms with Gasteiger partial charge in [-0.2, -0.15) is 11.8 Å². The lowest BCUT2D eigenvalue weighted by atomic mass is 10.1. The van der Waals surface area contributed by atoms with Crippen molar-refractivity contribution in [2.75, 3.05) is 37.1 Å². The van der Waals surface area contributed by atoms with Crippen LogP contribution >= 0.6 is 27.7 Å². The minimum atomic E-state index is 0. The first kappa shape index (κ1) is 39.2. The van der Waals surface area contributed by atoms with E-state index >= 15 is 0 Å². The van der Waals surface area contributed by atoms with E-state index in [1.165, 1.54) is 35.5 Å². The molecule has 0 bridgehead atoms. The Bertz CT molecular complexity index is 848. The third-order valence-electron chi connectivity index (χ3n) is 5.03. The summed E-state index contributed by atoms with van der Waals surface area (Å²) in [7, 11) is 0.456. The number of benzene rings is 2. The molecular formula is C30H48Br2N2O2S2. The smallest absolute Gasteiger partial charge is 0.251 e. The zero-order valence-electron chi connectivity index (χ0n) is 24.1. The predicted octanol–water partition coefficient (Wildman–Crippen LogP) is 4.47. The quantitative estimate of drug-likeness (QED) is 0.241. The van der Waals surface area contributed by atoms with Crippen LogP contribution in [0.1, 0.15) is 85.2 Å². The van der Waals surface area contributed by atoms with E-state index in [2.05, 4.69) is 72.0 Å². The van der Waals surface area contributed by atoms with Crippen molar-refractivity contribution in [3.05, 3.63) is 70.8 Å². The zero-order valence-corrected chi connectivity index (χ0v) is 28.9. The molecule has 2 amide bonds. The topological polar surface area (TPSA) is 58.2 Å². The average molecular weight is 693 g/mol. The molecule has 2 rings (SSSR count). The number of nitrogens with one attached hydrogen (secondary N) is 2. The summed E-state index contributed by atoms with van der Waals surface area (Å²) in [5.41, 5.74) is 4.00. The van der Waals surface area contributed by atoms with Crippen molar-refractivity contribution in [1.29, 1.82) is 0 Å². The Labute approximate surface area is 258 Å². The van der Waals surface area contributed by atoms with Gasteiger partial charge in [-0.3, -0.25) is 9.59 Å². The Morgan fingerprint density at radius 1 is 0.763 bits per heavy atom. The molecule has 0 aliphatic heterocycles. The van der Waals surface area contributed by atoms with Crippen LogP contribution in [0, 0.1) is 0 Å². The molecule has 1 atom stereocenters. The lowest BCUT2D eigenvalue weighted by molar-refractivity contribution is -0.0000244. The van der Waals surface area contributed by atoms with Gasteiger partial charge >= 0.3 is 0 Å². The number of amides is 2. The van der Waals surface area contributed by atoms with Crippen molar-refractivity contribution >= 4 is 50.4 Å². The molecule has 0 radical (unpaired) electrons. The zero-order chi connectivity index (χ0) is 27.9. The van der Waals surface area contributed by atoms with Gasteiger partial charge in [0.2, 0.25) is 0 Å². The van der Waals surface area contributed by atoms with Gasteiger partial charge in [-0.05, 0) is 78.4 Å². The first-order valence-corrected chi connectivity index (χ1v) is 17.7. The largest absolute Gasteiger partial charge is 1.00 e. The molecule has 0 saturated heterocycles. The summed E-state index contributed by atoms with van der Waals surface area (Å²) in [6.07, 6.45) is 8.93. The molecule has 0 fully saturated rings. The van der Waals surface area contributed by atoms with Gasteiger partial charge in [0, 0.05) is 35.1 Å². The molecule has 0 spiro atoms. The number of carbonyl (C=O) groups excluding carboxylic acids is 2. The van der Waals surface area contributed by atoms with Crippen LogP contribution < -0.4 is 27.6 Å². The van der Waals surface area contributed by atoms with Crippen LogP contribution in [-0.2, 0) is 22.0 Å². The number of alkyl halides is 1. The summed E-state index contributed by atoms with van der Waals surface area (Å²) in [6.45, 7) is 9.99. The number of thioether (sulfide) groups is 1. The molecule has 0 aliphatic carbocycles. The minimum Gasteiger partial charge on any atom is -1.00 e. The van der Waals surface area contributed by atoms with E-state index in [4.69, 9.17) is 0 Å². The van der Waals surface area contributed by atoms with Crippen LogP contribution in [-0.4, -0.2) is 48.9 Å². The van der Waals surface area contributed by atoms with Crippen LogP contribution in [0.4, 0.5) is 0 Å². The first-order valence-electron chi connectivity index (χ1n) is 13.2. The van der Waals surface area contributed by atoms with Gasteiger partial charge in [-0.1, -0.05) is 67.9 Å². The molecule has 38 heavy (non-hydrogen) atoms. The van der Waals surface area contributed by atoms with Crippen LogP contribution in [0.5, 0.6) is 0 Å². The summed E-state index contributed by atoms with van der Waals surface area (Å²) in [5, 5.41) is 6.55. The highest BCUT2D eigenvalue weighted by Crippen LogP contribution is 2.10. The molecule has 4 nitrogen and oxygen atoms in total. The molecule has 0 aromatic heterocycles. The van der Waals surface area contributed by atoms with E-state index in [1.807, 2.05) is 55.1 Å². The average Bonchev–Trinajstić information content (AvgIpc) is 2.92. The lowest BCUT2D eigenvalue weighted by Gasteiger charge is -2.05. The van der Waals surface area contributed by atoms with E-state index < -0.39 is 0 Å². The fourth-order valence-electron chi connectivity index (χ4n) is 3.09. The summed E-state index contributed by atoms with van der Waals surface area (Å²) < 4.78 is 0. The third kappa shape index (κ3) is 19.2. The number of carbonyl (C=O) groups is 2. The number of hydrogen-bond acceptors (Lipinski definition) is 3. The van der Waals surface area contributed by atoms with E-state index in [1.54, 1.807) is 0 Å². The van der Waals surface area contributed by atoms with Gasteiger partial charge in [0.1, 0.15) is 11.5 Å². The highest BCUT2D eigenvalue weighted by Gasteiger charge is 2.11. The van der Waals surface area contributed by atoms with Gasteiger partial charge in [0.25, 0.3) is 11.8 Å². The second-order valence-electron chi connectivity index (χ2n) is 8.66. The van der Waals surface area contributed by atoms with Crippen LogP contribution in [0.2, 0.25) is 0 Å². The van der Waals surface area contributed by atoms with Crippen molar-refractivity contribution in [2.45, 2.75) is 64.5 Å². The molecule has 8 heteroatoms. The number of hydrogen-bond donors (Lipinski definition) is 2. The van der Waals surface area contributed by atoms with Crippen LogP contribution in [0.3, 0.4) is 0 Å². The van der Waals surface area contributed by atoms with Gasteiger partial charge in [0.05, 0.1) is 6.26 Å². The predicted molar refractivity (Wildman–Crippen MR) is 172 cm³/mol. The summed E-state index contributed by atoms with van der Waals surface area (Å²) >= 11 is 5.26. The van der Waals surface area contributed by atoms with Crippen molar-refractivity contribution in [1.82, 2.24) is 10.6 Å². The maximum Gasteiger partial charge on any atom is 0.251 e. The van der Waals surface area contributed by atoms with Gasteiger partial charge in [-0.15, -0.1) is 0 Å². The molecule has 0 aliphatic rings. The maximum atomic E-state index is 11.7. The third-order valence-corrected chi connectivity index (χ3v) is 8.43. The second-order valence-corrected chi connectivity index (χ2v) is 12.5. The number of halogens is 2. The lowest BCUT2D eigenvalue weighted by Crippen LogP contribution is -3.00. The Kier molecular flexibility index (Phi) is 27.1. The molecule has 0 heterocycles. The first-order chi connectivity index (χ1) is 17.9. The highest BCUT2D eigenvalue weighted by atomic mass is 79.9. The Hall–Kier alpha value is -0.960. The van der Waals surface area contributed by atoms with Crippen LogP contribution in [0.15, 0.2) is 48.5 Å². The van der Waals surface area contributed by atoms with E-state index in [0.717, 1.165) is 48.1 Å². The Morgan fingerprint density at radius 2 is 1.21 bits per heavy atom. The SMILES string of the molecule is CCCNC(=O)c1ccc(CBr)cc1.CCCNC(=O)c1ccc(C[S+](C)CCC)cc1.CCCSC.[Br-]. The van der Waals surface area contributed by atoms with Gasteiger partial charge in [0.15, 0.2) is 0 Å². The van der Waals surface area contributed by atoms with Crippen molar-refractivity contribution in [2.24, 2.45) is 0 Å². The minimum absolute atomic E-state index is 0. The summed E-state index contributed by atoms with van der Waals surface area (Å²) in [6, 6.07) is 15.6. The Balaban J connectivity index is 0. The highest BCUT2D eigenvalue weighted by molar-refractivity contribution is 9.08. The summed E-state index contributed by atoms with van der Waals surface area (Å²) in [5.74, 6) is 3.77. The fourth-order valence-corrected chi connectivity index (χ4v) is 5.47. The van der Waals surface area contributed by atoms with E-state index in [0.29, 0.717) is 10.9 Å². The monoisotopic (exact) mass is 690 g/mol. The van der Waals surface area contributed by atoms with Crippen LogP contribution in [0.25, 0.3) is 0 Å². The maximum absolute atomic E-state index is 11.7. The summed E-state index contributed by atoms with van der Waals surface area (Å²) in [4.78, 5) is 23.2. The normalized spacial score (nSPS) is 10.5.